The van der Waals surface area contributed by atoms with E-state index in [9.17, 15) is 13.2 Å². The molecule has 3 aromatic rings. The fourth-order valence-electron chi connectivity index (χ4n) is 3.98. The Balaban J connectivity index is 2.19. The lowest BCUT2D eigenvalue weighted by molar-refractivity contribution is 0.310. The number of unbranched alkanes of at least 4 members (excludes halogenated alkanes) is 2. The summed E-state index contributed by atoms with van der Waals surface area (Å²) in [7, 11) is -3.47. The first-order valence-corrected chi connectivity index (χ1v) is 14.7. The number of hydrogen-bond acceptors (Lipinski definition) is 7. The fraction of sp³-hybridized carbons (Fsp3) is 0.577. The van der Waals surface area contributed by atoms with Gasteiger partial charge in [0.05, 0.1) is 28.8 Å². The Hall–Kier alpha value is -2.72. The van der Waals surface area contributed by atoms with E-state index in [1.807, 2.05) is 4.68 Å². The molecule has 1 aromatic carbocycles. The van der Waals surface area contributed by atoms with Crippen LogP contribution in [0.15, 0.2) is 27.9 Å². The zero-order valence-corrected chi connectivity index (χ0v) is 23.0. The van der Waals surface area contributed by atoms with Gasteiger partial charge < -0.3 is 15.0 Å². The maximum absolute atomic E-state index is 13.2. The monoisotopic (exact) mass is 517 g/mol. The van der Waals surface area contributed by atoms with Crippen molar-refractivity contribution in [1.29, 1.82) is 0 Å². The third-order valence-corrected chi connectivity index (χ3v) is 7.16. The molecule has 0 saturated heterocycles. The van der Waals surface area contributed by atoms with Gasteiger partial charge >= 0.3 is 0 Å². The van der Waals surface area contributed by atoms with Gasteiger partial charge in [0.1, 0.15) is 17.1 Å². The zero-order valence-electron chi connectivity index (χ0n) is 22.2. The van der Waals surface area contributed by atoms with Crippen molar-refractivity contribution in [2.45, 2.75) is 83.7 Å². The third kappa shape index (κ3) is 6.53. The maximum atomic E-state index is 13.2. The van der Waals surface area contributed by atoms with Gasteiger partial charge in [-0.2, -0.15) is 5.10 Å². The average molecular weight is 518 g/mol. The van der Waals surface area contributed by atoms with Crippen LogP contribution in [-0.2, 0) is 16.3 Å². The molecule has 9 nitrogen and oxygen atoms in total. The highest BCUT2D eigenvalue weighted by Crippen LogP contribution is 2.31. The molecule has 2 N–H and O–H groups in total. The fourth-order valence-corrected chi connectivity index (χ4v) is 4.62. The highest BCUT2D eigenvalue weighted by Gasteiger charge is 2.22. The molecule has 1 atom stereocenters. The molecule has 0 fully saturated rings. The number of ether oxygens (including phenoxy) is 1. The molecule has 0 saturated carbocycles. The zero-order chi connectivity index (χ0) is 26.5. The SMILES string of the molecule is CCCCOc1ccc(S(C)(=O)=O)cc1-c1nc2c(CCCC)n(C(C)CNC(C)C)nc2c(=O)[nH]1. The molecule has 36 heavy (non-hydrogen) atoms. The van der Waals surface area contributed by atoms with Crippen molar-refractivity contribution in [3.05, 3.63) is 34.2 Å². The molecule has 0 aliphatic heterocycles. The highest BCUT2D eigenvalue weighted by molar-refractivity contribution is 7.90. The van der Waals surface area contributed by atoms with E-state index in [2.05, 4.69) is 50.0 Å². The van der Waals surface area contributed by atoms with Crippen molar-refractivity contribution in [1.82, 2.24) is 25.1 Å². The molecular weight excluding hydrogens is 478 g/mol. The minimum absolute atomic E-state index is 0.0257. The quantitative estimate of drug-likeness (QED) is 0.325. The summed E-state index contributed by atoms with van der Waals surface area (Å²) in [6.07, 6.45) is 5.63. The summed E-state index contributed by atoms with van der Waals surface area (Å²) in [4.78, 5) is 21.0. The number of sulfone groups is 1. The van der Waals surface area contributed by atoms with Gasteiger partial charge in [0.25, 0.3) is 5.56 Å². The average Bonchev–Trinajstić information content (AvgIpc) is 3.19. The number of aromatic nitrogens is 4. The smallest absolute Gasteiger partial charge is 0.279 e. The molecule has 198 valence electrons. The number of rotatable bonds is 13. The first-order valence-electron chi connectivity index (χ1n) is 12.8. The lowest BCUT2D eigenvalue weighted by atomic mass is 10.1. The van der Waals surface area contributed by atoms with E-state index in [0.29, 0.717) is 36.0 Å². The maximum Gasteiger partial charge on any atom is 0.279 e. The van der Waals surface area contributed by atoms with E-state index >= 15 is 0 Å². The molecule has 10 heteroatoms. The van der Waals surface area contributed by atoms with Gasteiger partial charge in [0.15, 0.2) is 15.4 Å². The Morgan fingerprint density at radius 2 is 1.83 bits per heavy atom. The van der Waals surface area contributed by atoms with Crippen LogP contribution in [0, 0.1) is 0 Å². The van der Waals surface area contributed by atoms with Gasteiger partial charge in [-0.05, 0) is 44.4 Å². The summed E-state index contributed by atoms with van der Waals surface area (Å²) < 4.78 is 32.4. The molecule has 0 aliphatic rings. The van der Waals surface area contributed by atoms with E-state index < -0.39 is 9.84 Å². The minimum atomic E-state index is -3.47. The van der Waals surface area contributed by atoms with Crippen LogP contribution in [0.25, 0.3) is 22.4 Å². The second-order valence-corrected chi connectivity index (χ2v) is 11.7. The van der Waals surface area contributed by atoms with Crippen molar-refractivity contribution in [2.24, 2.45) is 0 Å². The van der Waals surface area contributed by atoms with Crippen molar-refractivity contribution in [3.8, 4) is 17.1 Å². The summed E-state index contributed by atoms with van der Waals surface area (Å²) in [6.45, 7) is 11.6. The van der Waals surface area contributed by atoms with Crippen molar-refractivity contribution >= 4 is 20.9 Å². The largest absolute Gasteiger partial charge is 0.493 e. The van der Waals surface area contributed by atoms with Crippen molar-refractivity contribution < 1.29 is 13.2 Å². The van der Waals surface area contributed by atoms with Gasteiger partial charge in [-0.15, -0.1) is 0 Å². The van der Waals surface area contributed by atoms with Crippen LogP contribution in [-0.4, -0.2) is 53.6 Å². The number of hydrogen-bond donors (Lipinski definition) is 2. The van der Waals surface area contributed by atoms with Crippen molar-refractivity contribution in [3.63, 3.8) is 0 Å². The molecule has 0 aliphatic carbocycles. The topological polar surface area (TPSA) is 119 Å². The molecule has 2 heterocycles. The Morgan fingerprint density at radius 3 is 2.47 bits per heavy atom. The first kappa shape index (κ1) is 27.9. The summed E-state index contributed by atoms with van der Waals surface area (Å²) in [5, 5.41) is 8.10. The molecule has 2 aromatic heterocycles. The molecule has 0 amide bonds. The van der Waals surface area contributed by atoms with Gasteiger partial charge in [-0.1, -0.05) is 40.5 Å². The number of H-pyrrole nitrogens is 1. The van der Waals surface area contributed by atoms with E-state index in [4.69, 9.17) is 9.72 Å². The highest BCUT2D eigenvalue weighted by atomic mass is 32.2. The van der Waals surface area contributed by atoms with Crippen LogP contribution in [0.1, 0.15) is 72.0 Å². The molecule has 0 radical (unpaired) electrons. The molecule has 1 unspecified atom stereocenters. The van der Waals surface area contributed by atoms with Gasteiger partial charge in [0.2, 0.25) is 0 Å². The molecule has 3 rings (SSSR count). The Labute approximate surface area is 213 Å². The van der Waals surface area contributed by atoms with Crippen LogP contribution >= 0.6 is 0 Å². The van der Waals surface area contributed by atoms with E-state index in [1.54, 1.807) is 6.07 Å². The first-order chi connectivity index (χ1) is 17.1. The number of aryl methyl sites for hydroxylation is 1. The predicted octanol–water partition coefficient (Wildman–Crippen LogP) is 4.27. The Morgan fingerprint density at radius 1 is 1.11 bits per heavy atom. The van der Waals surface area contributed by atoms with Gasteiger partial charge in [0, 0.05) is 18.8 Å². The summed E-state index contributed by atoms with van der Waals surface area (Å²) in [6, 6.07) is 5.03. The number of nitrogens with zero attached hydrogens (tertiary/aromatic N) is 3. The Kier molecular flexibility index (Phi) is 9.30. The second kappa shape index (κ2) is 12.0. The van der Waals surface area contributed by atoms with Gasteiger partial charge in [-0.3, -0.25) is 9.48 Å². The molecule has 0 spiro atoms. The number of benzene rings is 1. The predicted molar refractivity (Wildman–Crippen MR) is 144 cm³/mol. The molecule has 0 bridgehead atoms. The number of fused-ring (bicyclic) bond motifs is 1. The van der Waals surface area contributed by atoms with Crippen LogP contribution in [0.5, 0.6) is 5.75 Å². The van der Waals surface area contributed by atoms with E-state index in [0.717, 1.165) is 44.1 Å². The summed E-state index contributed by atoms with van der Waals surface area (Å²) >= 11 is 0. The lowest BCUT2D eigenvalue weighted by Gasteiger charge is -2.18. The van der Waals surface area contributed by atoms with E-state index in [1.165, 1.54) is 12.1 Å². The Bertz CT molecular complexity index is 1340. The standard InChI is InChI=1S/C26H39N5O4S/c1-7-9-11-21-23-24(30-31(21)18(5)16-27-17(3)4)26(32)29-25(28-23)20-15-19(36(6,33)34)12-13-22(20)35-14-10-8-2/h12-13,15,17-18,27H,7-11,14,16H2,1-6H3,(H,28,29,32). The number of aromatic amines is 1. The van der Waals surface area contributed by atoms with Crippen LogP contribution in [0.3, 0.4) is 0 Å². The van der Waals surface area contributed by atoms with Crippen LogP contribution < -0.4 is 15.6 Å². The minimum Gasteiger partial charge on any atom is -0.493 e. The molecular formula is C26H39N5O4S. The lowest BCUT2D eigenvalue weighted by Crippen LogP contribution is -2.30. The third-order valence-electron chi connectivity index (χ3n) is 6.05. The van der Waals surface area contributed by atoms with E-state index in [-0.39, 0.29) is 27.8 Å². The van der Waals surface area contributed by atoms with Gasteiger partial charge in [-0.25, -0.2) is 13.4 Å². The second-order valence-electron chi connectivity index (χ2n) is 9.65. The summed E-state index contributed by atoms with van der Waals surface area (Å²) in [5.74, 6) is 0.755. The van der Waals surface area contributed by atoms with Crippen LogP contribution in [0.2, 0.25) is 0 Å². The number of nitrogens with one attached hydrogen (secondary N) is 2. The summed E-state index contributed by atoms with van der Waals surface area (Å²) in [5.41, 5.74) is 1.82. The van der Waals surface area contributed by atoms with Crippen LogP contribution in [0.4, 0.5) is 0 Å². The normalized spacial score (nSPS) is 13.0. The van der Waals surface area contributed by atoms with Crippen molar-refractivity contribution in [2.75, 3.05) is 19.4 Å².